The molecule has 0 spiro atoms. The number of nitrogens with one attached hydrogen (secondary N) is 1. The van der Waals surface area contributed by atoms with Crippen molar-refractivity contribution in [1.82, 2.24) is 10.2 Å². The molecule has 0 bridgehead atoms. The van der Waals surface area contributed by atoms with Gasteiger partial charge in [0.1, 0.15) is 5.82 Å². The number of aromatic nitrogens is 2. The Morgan fingerprint density at radius 1 is 1.36 bits per heavy atom. The van der Waals surface area contributed by atoms with Gasteiger partial charge in [0.05, 0.1) is 5.69 Å². The fraction of sp³-hybridized carbons (Fsp3) is 0.100. The van der Waals surface area contributed by atoms with Crippen LogP contribution in [0.15, 0.2) is 28.7 Å². The number of nitrogens with two attached hydrogens (primary N) is 1. The van der Waals surface area contributed by atoms with Crippen LogP contribution in [0, 0.1) is 6.92 Å². The molecule has 4 heteroatoms. The van der Waals surface area contributed by atoms with Crippen LogP contribution in [-0.2, 0) is 0 Å². The Bertz CT molecular complexity index is 462. The molecule has 72 valence electrons. The number of H-pyrrole nitrogens is 1. The van der Waals surface area contributed by atoms with E-state index in [9.17, 15) is 0 Å². The third-order valence-corrected chi connectivity index (χ3v) is 2.70. The summed E-state index contributed by atoms with van der Waals surface area (Å²) in [5.74, 6) is 0.508. The van der Waals surface area contributed by atoms with Gasteiger partial charge in [-0.05, 0) is 19.1 Å². The lowest BCUT2D eigenvalue weighted by Gasteiger charge is -2.02. The maximum absolute atomic E-state index is 5.55. The lowest BCUT2D eigenvalue weighted by molar-refractivity contribution is 1.10. The van der Waals surface area contributed by atoms with Crippen LogP contribution in [0.2, 0.25) is 0 Å². The smallest absolute Gasteiger partial charge is 0.145 e. The van der Waals surface area contributed by atoms with Crippen molar-refractivity contribution in [2.24, 2.45) is 0 Å². The minimum Gasteiger partial charge on any atom is -0.382 e. The topological polar surface area (TPSA) is 54.7 Å². The molecule has 0 aliphatic rings. The average Bonchev–Trinajstić information content (AvgIpc) is 2.56. The van der Waals surface area contributed by atoms with Gasteiger partial charge >= 0.3 is 0 Å². The van der Waals surface area contributed by atoms with Crippen LogP contribution in [0.3, 0.4) is 0 Å². The molecule has 0 aliphatic heterocycles. The first-order valence-electron chi connectivity index (χ1n) is 4.24. The van der Waals surface area contributed by atoms with Crippen molar-refractivity contribution in [1.29, 1.82) is 0 Å². The quantitative estimate of drug-likeness (QED) is 0.819. The van der Waals surface area contributed by atoms with Gasteiger partial charge in [-0.2, -0.15) is 5.10 Å². The Kier molecular flexibility index (Phi) is 2.29. The van der Waals surface area contributed by atoms with E-state index < -0.39 is 0 Å². The largest absolute Gasteiger partial charge is 0.382 e. The zero-order valence-corrected chi connectivity index (χ0v) is 9.30. The van der Waals surface area contributed by atoms with Gasteiger partial charge in [0.2, 0.25) is 0 Å². The Labute approximate surface area is 90.5 Å². The summed E-state index contributed by atoms with van der Waals surface area (Å²) in [7, 11) is 0. The second-order valence-electron chi connectivity index (χ2n) is 3.19. The minimum atomic E-state index is 0.508. The summed E-state index contributed by atoms with van der Waals surface area (Å²) in [4.78, 5) is 0. The molecule has 0 amide bonds. The van der Waals surface area contributed by atoms with Gasteiger partial charge in [-0.3, -0.25) is 5.10 Å². The van der Waals surface area contributed by atoms with E-state index in [1.54, 1.807) is 0 Å². The maximum atomic E-state index is 5.55. The van der Waals surface area contributed by atoms with E-state index >= 15 is 0 Å². The highest BCUT2D eigenvalue weighted by molar-refractivity contribution is 9.10. The highest BCUT2D eigenvalue weighted by Gasteiger charge is 2.05. The van der Waals surface area contributed by atoms with E-state index in [1.165, 1.54) is 5.56 Å². The summed E-state index contributed by atoms with van der Waals surface area (Å²) >= 11 is 3.49. The standard InChI is InChI=1S/C10H10BrN3/c1-6-2-3-8(11)7(4-6)9-5-10(12)14-13-9/h2-5H,1H3,(H3,12,13,14). The van der Waals surface area contributed by atoms with Gasteiger partial charge in [0, 0.05) is 16.1 Å². The van der Waals surface area contributed by atoms with Crippen LogP contribution in [-0.4, -0.2) is 10.2 Å². The number of halogens is 1. The summed E-state index contributed by atoms with van der Waals surface area (Å²) in [5, 5.41) is 6.78. The molecule has 1 heterocycles. The highest BCUT2D eigenvalue weighted by atomic mass is 79.9. The SMILES string of the molecule is Cc1ccc(Br)c(-c2cc(N)n[nH]2)c1. The number of rotatable bonds is 1. The molecule has 0 unspecified atom stereocenters. The molecule has 0 atom stereocenters. The summed E-state index contributed by atoms with van der Waals surface area (Å²) in [6.07, 6.45) is 0. The number of anilines is 1. The number of aryl methyl sites for hydroxylation is 1. The van der Waals surface area contributed by atoms with Crippen LogP contribution in [0.25, 0.3) is 11.3 Å². The van der Waals surface area contributed by atoms with Crippen LogP contribution in [0.4, 0.5) is 5.82 Å². The van der Waals surface area contributed by atoms with Gasteiger partial charge in [0.25, 0.3) is 0 Å². The molecular weight excluding hydrogens is 242 g/mol. The van der Waals surface area contributed by atoms with E-state index in [0.717, 1.165) is 15.7 Å². The average molecular weight is 252 g/mol. The zero-order valence-electron chi connectivity index (χ0n) is 7.71. The summed E-state index contributed by atoms with van der Waals surface area (Å²) in [6.45, 7) is 2.05. The minimum absolute atomic E-state index is 0.508. The third-order valence-electron chi connectivity index (χ3n) is 2.01. The molecule has 2 aromatic rings. The molecule has 14 heavy (non-hydrogen) atoms. The molecule has 0 fully saturated rings. The van der Waals surface area contributed by atoms with Crippen molar-refractivity contribution >= 4 is 21.7 Å². The van der Waals surface area contributed by atoms with Crippen LogP contribution in [0.1, 0.15) is 5.56 Å². The van der Waals surface area contributed by atoms with E-state index in [0.29, 0.717) is 5.82 Å². The molecule has 0 radical (unpaired) electrons. The van der Waals surface area contributed by atoms with Crippen LogP contribution < -0.4 is 5.73 Å². The van der Waals surface area contributed by atoms with Crippen molar-refractivity contribution < 1.29 is 0 Å². The van der Waals surface area contributed by atoms with Gasteiger partial charge in [0.15, 0.2) is 0 Å². The molecule has 2 rings (SSSR count). The van der Waals surface area contributed by atoms with Gasteiger partial charge in [-0.15, -0.1) is 0 Å². The lowest BCUT2D eigenvalue weighted by atomic mass is 10.1. The molecule has 0 saturated carbocycles. The predicted octanol–water partition coefficient (Wildman–Crippen LogP) is 2.73. The Morgan fingerprint density at radius 3 is 2.79 bits per heavy atom. The molecule has 1 aromatic carbocycles. The third kappa shape index (κ3) is 1.65. The Balaban J connectivity index is 2.55. The summed E-state index contributed by atoms with van der Waals surface area (Å²) in [5.41, 5.74) is 8.76. The first kappa shape index (κ1) is 9.27. The summed E-state index contributed by atoms with van der Waals surface area (Å²) < 4.78 is 1.03. The molecule has 0 aliphatic carbocycles. The zero-order chi connectivity index (χ0) is 10.1. The number of hydrogen-bond acceptors (Lipinski definition) is 2. The Hall–Kier alpha value is -1.29. The molecule has 3 N–H and O–H groups in total. The maximum Gasteiger partial charge on any atom is 0.145 e. The van der Waals surface area contributed by atoms with Gasteiger partial charge in [-0.1, -0.05) is 27.6 Å². The fourth-order valence-electron chi connectivity index (χ4n) is 1.32. The first-order valence-corrected chi connectivity index (χ1v) is 5.03. The monoisotopic (exact) mass is 251 g/mol. The van der Waals surface area contributed by atoms with E-state index in [1.807, 2.05) is 18.2 Å². The number of nitrogens with zero attached hydrogens (tertiary/aromatic N) is 1. The predicted molar refractivity (Wildman–Crippen MR) is 60.9 cm³/mol. The summed E-state index contributed by atoms with van der Waals surface area (Å²) in [6, 6.07) is 7.96. The van der Waals surface area contributed by atoms with E-state index in [4.69, 9.17) is 5.73 Å². The van der Waals surface area contributed by atoms with Gasteiger partial charge in [-0.25, -0.2) is 0 Å². The fourth-order valence-corrected chi connectivity index (χ4v) is 1.78. The second-order valence-corrected chi connectivity index (χ2v) is 4.04. The van der Waals surface area contributed by atoms with Crippen molar-refractivity contribution in [2.45, 2.75) is 6.92 Å². The number of hydrogen-bond donors (Lipinski definition) is 2. The lowest BCUT2D eigenvalue weighted by Crippen LogP contribution is -1.82. The first-order chi connectivity index (χ1) is 6.66. The van der Waals surface area contributed by atoms with Crippen molar-refractivity contribution in [3.05, 3.63) is 34.3 Å². The van der Waals surface area contributed by atoms with E-state index in [-0.39, 0.29) is 0 Å². The number of nitrogen functional groups attached to an aromatic ring is 1. The van der Waals surface area contributed by atoms with E-state index in [2.05, 4.69) is 39.1 Å². The van der Waals surface area contributed by atoms with Crippen LogP contribution in [0.5, 0.6) is 0 Å². The molecular formula is C10H10BrN3. The Morgan fingerprint density at radius 2 is 2.14 bits per heavy atom. The molecule has 0 saturated heterocycles. The number of benzene rings is 1. The molecule has 3 nitrogen and oxygen atoms in total. The van der Waals surface area contributed by atoms with Crippen molar-refractivity contribution in [2.75, 3.05) is 5.73 Å². The van der Waals surface area contributed by atoms with Crippen molar-refractivity contribution in [3.63, 3.8) is 0 Å². The highest BCUT2D eigenvalue weighted by Crippen LogP contribution is 2.28. The molecule has 1 aromatic heterocycles. The number of aromatic amines is 1. The van der Waals surface area contributed by atoms with Crippen molar-refractivity contribution in [3.8, 4) is 11.3 Å². The normalized spacial score (nSPS) is 10.4. The second kappa shape index (κ2) is 3.46. The van der Waals surface area contributed by atoms with Gasteiger partial charge < -0.3 is 5.73 Å². The van der Waals surface area contributed by atoms with Crippen LogP contribution >= 0.6 is 15.9 Å².